The number of carbonyl (C=O) groups is 2. The highest BCUT2D eigenvalue weighted by Crippen LogP contribution is 2.39. The average molecular weight is 213 g/mol. The van der Waals surface area contributed by atoms with Crippen LogP contribution in [-0.4, -0.2) is 39.8 Å². The van der Waals surface area contributed by atoms with Gasteiger partial charge >= 0.3 is 12.1 Å². The van der Waals surface area contributed by atoms with Crippen LogP contribution in [0.25, 0.3) is 0 Å². The SMILES string of the molecule is O=C(O)[C@@H]1C[C@@H](CC2CC2)CN1C(=O)O. The van der Waals surface area contributed by atoms with Crippen LogP contribution in [0.15, 0.2) is 0 Å². The molecular formula is C10H15NO4. The lowest BCUT2D eigenvalue weighted by molar-refractivity contribution is -0.141. The minimum Gasteiger partial charge on any atom is -0.480 e. The van der Waals surface area contributed by atoms with Crippen LogP contribution in [0.3, 0.4) is 0 Å². The number of likely N-dealkylation sites (tertiary alicyclic amines) is 1. The first-order valence-corrected chi connectivity index (χ1v) is 5.30. The third-order valence-corrected chi connectivity index (χ3v) is 3.28. The molecule has 1 aliphatic carbocycles. The third-order valence-electron chi connectivity index (χ3n) is 3.28. The van der Waals surface area contributed by atoms with Crippen molar-refractivity contribution in [2.75, 3.05) is 6.54 Å². The lowest BCUT2D eigenvalue weighted by atomic mass is 9.99. The molecule has 0 aromatic rings. The first kappa shape index (κ1) is 10.3. The number of rotatable bonds is 3. The summed E-state index contributed by atoms with van der Waals surface area (Å²) in [6, 6.07) is -0.828. The second-order valence-corrected chi connectivity index (χ2v) is 4.57. The average Bonchev–Trinajstić information content (AvgIpc) is 2.81. The molecule has 1 saturated heterocycles. The highest BCUT2D eigenvalue weighted by Gasteiger charge is 2.41. The smallest absolute Gasteiger partial charge is 0.408 e. The fraction of sp³-hybridized carbons (Fsp3) is 0.800. The molecule has 2 rings (SSSR count). The number of carboxylic acid groups (broad SMARTS) is 2. The van der Waals surface area contributed by atoms with Crippen molar-refractivity contribution in [2.24, 2.45) is 11.8 Å². The van der Waals surface area contributed by atoms with E-state index >= 15 is 0 Å². The monoisotopic (exact) mass is 213 g/mol. The Balaban J connectivity index is 1.97. The molecule has 84 valence electrons. The van der Waals surface area contributed by atoms with Crippen LogP contribution in [0.1, 0.15) is 25.7 Å². The van der Waals surface area contributed by atoms with Crippen molar-refractivity contribution in [3.63, 3.8) is 0 Å². The van der Waals surface area contributed by atoms with Crippen LogP contribution in [0, 0.1) is 11.8 Å². The first-order chi connectivity index (χ1) is 7.08. The maximum atomic E-state index is 10.9. The molecule has 2 N–H and O–H groups in total. The van der Waals surface area contributed by atoms with Crippen molar-refractivity contribution in [3.05, 3.63) is 0 Å². The molecule has 0 radical (unpaired) electrons. The Hall–Kier alpha value is -1.26. The van der Waals surface area contributed by atoms with Gasteiger partial charge in [-0.3, -0.25) is 4.90 Å². The summed E-state index contributed by atoms with van der Waals surface area (Å²) in [4.78, 5) is 22.7. The molecule has 15 heavy (non-hydrogen) atoms. The molecule has 0 aromatic carbocycles. The van der Waals surface area contributed by atoms with Crippen LogP contribution >= 0.6 is 0 Å². The van der Waals surface area contributed by atoms with Crippen molar-refractivity contribution in [1.82, 2.24) is 4.90 Å². The second-order valence-electron chi connectivity index (χ2n) is 4.57. The molecule has 0 unspecified atom stereocenters. The van der Waals surface area contributed by atoms with E-state index in [-0.39, 0.29) is 5.92 Å². The fourth-order valence-electron chi connectivity index (χ4n) is 2.36. The Labute approximate surface area is 87.7 Å². The van der Waals surface area contributed by atoms with Gasteiger partial charge < -0.3 is 10.2 Å². The van der Waals surface area contributed by atoms with Crippen LogP contribution in [0.2, 0.25) is 0 Å². The molecule has 1 aliphatic heterocycles. The number of carboxylic acids is 1. The molecule has 1 heterocycles. The van der Waals surface area contributed by atoms with Crippen LogP contribution in [-0.2, 0) is 4.79 Å². The number of hydrogen-bond donors (Lipinski definition) is 2. The molecule has 1 amide bonds. The zero-order valence-corrected chi connectivity index (χ0v) is 8.43. The number of nitrogens with zero attached hydrogens (tertiary/aromatic N) is 1. The van der Waals surface area contributed by atoms with Crippen molar-refractivity contribution < 1.29 is 19.8 Å². The summed E-state index contributed by atoms with van der Waals surface area (Å²) >= 11 is 0. The Morgan fingerprint density at radius 1 is 1.20 bits per heavy atom. The van der Waals surface area contributed by atoms with Crippen molar-refractivity contribution >= 4 is 12.1 Å². The normalized spacial score (nSPS) is 30.5. The van der Waals surface area contributed by atoms with E-state index in [0.717, 1.165) is 17.2 Å². The van der Waals surface area contributed by atoms with Crippen molar-refractivity contribution in [3.8, 4) is 0 Å². The third kappa shape index (κ3) is 2.22. The van der Waals surface area contributed by atoms with Gasteiger partial charge in [0.05, 0.1) is 0 Å². The van der Waals surface area contributed by atoms with Gasteiger partial charge in [-0.15, -0.1) is 0 Å². The summed E-state index contributed by atoms with van der Waals surface area (Å²) in [6.07, 6.45) is 2.81. The Morgan fingerprint density at radius 2 is 1.87 bits per heavy atom. The zero-order valence-electron chi connectivity index (χ0n) is 8.43. The van der Waals surface area contributed by atoms with E-state index in [0.29, 0.717) is 13.0 Å². The topological polar surface area (TPSA) is 77.8 Å². The summed E-state index contributed by atoms with van der Waals surface area (Å²) in [5.74, 6) is -0.0522. The molecule has 1 saturated carbocycles. The Kier molecular flexibility index (Phi) is 2.54. The van der Waals surface area contributed by atoms with Gasteiger partial charge in [0.15, 0.2) is 0 Å². The van der Waals surface area contributed by atoms with Crippen LogP contribution < -0.4 is 0 Å². The van der Waals surface area contributed by atoms with Gasteiger partial charge in [0.1, 0.15) is 6.04 Å². The Bertz CT molecular complexity index is 265. The molecule has 5 nitrogen and oxygen atoms in total. The van der Waals surface area contributed by atoms with Crippen LogP contribution in [0.5, 0.6) is 0 Å². The lowest BCUT2D eigenvalue weighted by Crippen LogP contribution is -2.39. The second kappa shape index (κ2) is 3.72. The zero-order chi connectivity index (χ0) is 11.0. The number of aliphatic carboxylic acids is 1. The van der Waals surface area contributed by atoms with E-state index in [1.54, 1.807) is 0 Å². The highest BCUT2D eigenvalue weighted by atomic mass is 16.4. The van der Waals surface area contributed by atoms with E-state index < -0.39 is 18.1 Å². The lowest BCUT2D eigenvalue weighted by Gasteiger charge is -2.16. The van der Waals surface area contributed by atoms with Gasteiger partial charge in [0, 0.05) is 6.54 Å². The van der Waals surface area contributed by atoms with Gasteiger partial charge in [-0.25, -0.2) is 9.59 Å². The first-order valence-electron chi connectivity index (χ1n) is 5.30. The van der Waals surface area contributed by atoms with Crippen LogP contribution in [0.4, 0.5) is 4.79 Å². The maximum absolute atomic E-state index is 10.9. The maximum Gasteiger partial charge on any atom is 0.408 e. The quantitative estimate of drug-likeness (QED) is 0.739. The molecule has 2 atom stereocenters. The molecule has 5 heteroatoms. The van der Waals surface area contributed by atoms with Crippen molar-refractivity contribution in [2.45, 2.75) is 31.7 Å². The highest BCUT2D eigenvalue weighted by molar-refractivity contribution is 5.80. The molecule has 0 aromatic heterocycles. The van der Waals surface area contributed by atoms with Gasteiger partial charge in [0.2, 0.25) is 0 Å². The summed E-state index contributed by atoms with van der Waals surface area (Å²) in [5, 5.41) is 17.8. The molecule has 0 bridgehead atoms. The fourth-order valence-corrected chi connectivity index (χ4v) is 2.36. The van der Waals surface area contributed by atoms with E-state index in [4.69, 9.17) is 10.2 Å². The predicted octanol–water partition coefficient (Wildman–Crippen LogP) is 1.24. The van der Waals surface area contributed by atoms with Gasteiger partial charge in [0.25, 0.3) is 0 Å². The summed E-state index contributed by atoms with van der Waals surface area (Å²) < 4.78 is 0. The molecule has 0 spiro atoms. The summed E-state index contributed by atoms with van der Waals surface area (Å²) in [7, 11) is 0. The standard InChI is InChI=1S/C10H15NO4/c12-9(13)8-4-7(3-6-1-2-6)5-11(8)10(14)15/h6-8H,1-5H2,(H,12,13)(H,14,15)/t7-,8+/m1/s1. The largest absolute Gasteiger partial charge is 0.480 e. The van der Waals surface area contributed by atoms with Gasteiger partial charge in [-0.05, 0) is 24.7 Å². The van der Waals surface area contributed by atoms with E-state index in [1.807, 2.05) is 0 Å². The van der Waals surface area contributed by atoms with E-state index in [1.165, 1.54) is 12.8 Å². The molecule has 2 fully saturated rings. The minimum atomic E-state index is -1.11. The van der Waals surface area contributed by atoms with Gasteiger partial charge in [-0.1, -0.05) is 12.8 Å². The molecular weight excluding hydrogens is 198 g/mol. The minimum absolute atomic E-state index is 0.245. The predicted molar refractivity (Wildman–Crippen MR) is 51.6 cm³/mol. The molecule has 2 aliphatic rings. The summed E-state index contributed by atoms with van der Waals surface area (Å²) in [6.45, 7) is 0.392. The van der Waals surface area contributed by atoms with Gasteiger partial charge in [-0.2, -0.15) is 0 Å². The summed E-state index contributed by atoms with van der Waals surface area (Å²) in [5.41, 5.74) is 0. The Morgan fingerprint density at radius 3 is 2.27 bits per heavy atom. The van der Waals surface area contributed by atoms with E-state index in [2.05, 4.69) is 0 Å². The van der Waals surface area contributed by atoms with Crippen molar-refractivity contribution in [1.29, 1.82) is 0 Å². The van der Waals surface area contributed by atoms with E-state index in [9.17, 15) is 9.59 Å². The number of hydrogen-bond acceptors (Lipinski definition) is 2. The number of amides is 1.